The number of ether oxygens (including phenoxy) is 1. The zero-order valence-electron chi connectivity index (χ0n) is 10.9. The van der Waals surface area contributed by atoms with Crippen LogP contribution >= 0.6 is 12.4 Å². The molecular formula is C13H15ClFN3O2. The van der Waals surface area contributed by atoms with E-state index >= 15 is 0 Å². The number of hydrogen-bond acceptors (Lipinski definition) is 5. The molecule has 1 N–H and O–H groups in total. The van der Waals surface area contributed by atoms with E-state index in [1.807, 2.05) is 0 Å². The standard InChI is InChI=1S/C13H14FN3O2.ClH/c1-8-2-3-9(6-10(8)14)12-16-13(19-17-12)11-7-15-4-5-18-11;/h2-3,6,11,15H,4-5,7H2,1H3;1H/t11-;/m1./s1. The van der Waals surface area contributed by atoms with Crippen molar-refractivity contribution in [3.05, 3.63) is 35.5 Å². The molecule has 5 nitrogen and oxygen atoms in total. The van der Waals surface area contributed by atoms with E-state index in [0.717, 1.165) is 6.54 Å². The molecule has 0 bridgehead atoms. The lowest BCUT2D eigenvalue weighted by Gasteiger charge is -2.19. The monoisotopic (exact) mass is 299 g/mol. The fraction of sp³-hybridized carbons (Fsp3) is 0.385. The lowest BCUT2D eigenvalue weighted by atomic mass is 10.1. The summed E-state index contributed by atoms with van der Waals surface area (Å²) in [6.07, 6.45) is -0.231. The van der Waals surface area contributed by atoms with Crippen LogP contribution in [0.3, 0.4) is 0 Å². The number of hydrogen-bond donors (Lipinski definition) is 1. The van der Waals surface area contributed by atoms with Crippen molar-refractivity contribution in [2.45, 2.75) is 13.0 Å². The summed E-state index contributed by atoms with van der Waals surface area (Å²) in [4.78, 5) is 4.27. The minimum atomic E-state index is -0.278. The van der Waals surface area contributed by atoms with Gasteiger partial charge in [0.15, 0.2) is 0 Å². The largest absolute Gasteiger partial charge is 0.366 e. The first-order chi connectivity index (χ1) is 9.24. The first kappa shape index (κ1) is 14.9. The fourth-order valence-corrected chi connectivity index (χ4v) is 1.94. The van der Waals surface area contributed by atoms with Crippen LogP contribution in [0.5, 0.6) is 0 Å². The summed E-state index contributed by atoms with van der Waals surface area (Å²) in [6, 6.07) is 4.87. The number of nitrogens with one attached hydrogen (secondary N) is 1. The van der Waals surface area contributed by atoms with Gasteiger partial charge in [0.2, 0.25) is 5.82 Å². The first-order valence-electron chi connectivity index (χ1n) is 6.16. The smallest absolute Gasteiger partial charge is 0.257 e. The van der Waals surface area contributed by atoms with Gasteiger partial charge in [-0.1, -0.05) is 17.3 Å². The van der Waals surface area contributed by atoms with Crippen molar-refractivity contribution < 1.29 is 13.7 Å². The Balaban J connectivity index is 0.00000147. The topological polar surface area (TPSA) is 60.2 Å². The average Bonchev–Trinajstić information content (AvgIpc) is 2.93. The normalized spacial score (nSPS) is 18.6. The van der Waals surface area contributed by atoms with E-state index in [4.69, 9.17) is 9.26 Å². The number of morpholine rings is 1. The van der Waals surface area contributed by atoms with E-state index < -0.39 is 0 Å². The lowest BCUT2D eigenvalue weighted by Crippen LogP contribution is -2.33. The molecule has 1 fully saturated rings. The number of halogens is 2. The van der Waals surface area contributed by atoms with E-state index in [0.29, 0.717) is 36.0 Å². The van der Waals surface area contributed by atoms with Crippen molar-refractivity contribution in [3.8, 4) is 11.4 Å². The summed E-state index contributed by atoms with van der Waals surface area (Å²) in [6.45, 7) is 3.79. The summed E-state index contributed by atoms with van der Waals surface area (Å²) in [7, 11) is 0. The number of aryl methyl sites for hydroxylation is 1. The van der Waals surface area contributed by atoms with E-state index in [9.17, 15) is 4.39 Å². The van der Waals surface area contributed by atoms with Crippen LogP contribution in [0, 0.1) is 12.7 Å². The maximum absolute atomic E-state index is 13.5. The molecular weight excluding hydrogens is 285 g/mol. The van der Waals surface area contributed by atoms with Gasteiger partial charge in [-0.05, 0) is 18.6 Å². The maximum Gasteiger partial charge on any atom is 0.257 e. The third kappa shape index (κ3) is 2.98. The zero-order chi connectivity index (χ0) is 13.2. The van der Waals surface area contributed by atoms with Crippen molar-refractivity contribution in [2.24, 2.45) is 0 Å². The molecule has 1 aromatic carbocycles. The Morgan fingerprint density at radius 1 is 1.40 bits per heavy atom. The van der Waals surface area contributed by atoms with E-state index in [1.165, 1.54) is 6.07 Å². The van der Waals surface area contributed by atoms with Crippen LogP contribution in [0.4, 0.5) is 4.39 Å². The molecule has 0 spiro atoms. The molecule has 1 atom stereocenters. The highest BCUT2D eigenvalue weighted by molar-refractivity contribution is 5.85. The first-order valence-corrected chi connectivity index (χ1v) is 6.16. The van der Waals surface area contributed by atoms with Gasteiger partial charge in [0.05, 0.1) is 6.61 Å². The van der Waals surface area contributed by atoms with Gasteiger partial charge >= 0.3 is 0 Å². The highest BCUT2D eigenvalue weighted by Crippen LogP contribution is 2.22. The van der Waals surface area contributed by atoms with Gasteiger partial charge in [0.25, 0.3) is 5.89 Å². The Hall–Kier alpha value is -1.50. The minimum Gasteiger partial charge on any atom is -0.366 e. The van der Waals surface area contributed by atoms with Gasteiger partial charge in [-0.3, -0.25) is 0 Å². The molecule has 108 valence electrons. The molecule has 3 rings (SSSR count). The fourth-order valence-electron chi connectivity index (χ4n) is 1.94. The summed E-state index contributed by atoms with van der Waals surface area (Å²) in [5.74, 6) is 0.519. The molecule has 0 radical (unpaired) electrons. The van der Waals surface area contributed by atoms with E-state index in [-0.39, 0.29) is 24.3 Å². The van der Waals surface area contributed by atoms with Crippen LogP contribution in [0.1, 0.15) is 17.6 Å². The van der Waals surface area contributed by atoms with Gasteiger partial charge in [0, 0.05) is 18.7 Å². The number of aromatic nitrogens is 2. The molecule has 0 aliphatic carbocycles. The Bertz CT molecular complexity index is 585. The predicted octanol–water partition coefficient (Wildman–Crippen LogP) is 2.27. The molecule has 7 heteroatoms. The second kappa shape index (κ2) is 6.30. The molecule has 1 aliphatic heterocycles. The van der Waals surface area contributed by atoms with Crippen LogP contribution in [0.2, 0.25) is 0 Å². The third-order valence-corrected chi connectivity index (χ3v) is 3.07. The third-order valence-electron chi connectivity index (χ3n) is 3.07. The molecule has 0 unspecified atom stereocenters. The van der Waals surface area contributed by atoms with Crippen molar-refractivity contribution in [1.82, 2.24) is 15.5 Å². The predicted molar refractivity (Wildman–Crippen MR) is 73.2 cm³/mol. The van der Waals surface area contributed by atoms with E-state index in [1.54, 1.807) is 19.1 Å². The molecule has 1 aromatic heterocycles. The van der Waals surface area contributed by atoms with Crippen molar-refractivity contribution in [1.29, 1.82) is 0 Å². The van der Waals surface area contributed by atoms with Crippen molar-refractivity contribution >= 4 is 12.4 Å². The van der Waals surface area contributed by atoms with Crippen LogP contribution in [-0.2, 0) is 4.74 Å². The summed E-state index contributed by atoms with van der Waals surface area (Å²) in [5, 5.41) is 7.06. The molecule has 2 aromatic rings. The summed E-state index contributed by atoms with van der Waals surface area (Å²) in [5.41, 5.74) is 1.19. The summed E-state index contributed by atoms with van der Waals surface area (Å²) >= 11 is 0. The molecule has 1 aliphatic rings. The Morgan fingerprint density at radius 3 is 2.95 bits per heavy atom. The van der Waals surface area contributed by atoms with Gasteiger partial charge in [-0.2, -0.15) is 4.98 Å². The number of benzene rings is 1. The Labute approximate surface area is 121 Å². The second-order valence-corrected chi connectivity index (χ2v) is 4.48. The van der Waals surface area contributed by atoms with Crippen LogP contribution in [-0.4, -0.2) is 29.8 Å². The maximum atomic E-state index is 13.5. The average molecular weight is 300 g/mol. The SMILES string of the molecule is Cc1ccc(-c2noc([C@H]3CNCCO3)n2)cc1F.Cl. The lowest BCUT2D eigenvalue weighted by molar-refractivity contribution is 0.00755. The second-order valence-electron chi connectivity index (χ2n) is 4.48. The highest BCUT2D eigenvalue weighted by Gasteiger charge is 2.22. The number of nitrogens with zero attached hydrogens (tertiary/aromatic N) is 2. The van der Waals surface area contributed by atoms with Gasteiger partial charge in [-0.15, -0.1) is 12.4 Å². The van der Waals surface area contributed by atoms with Crippen LogP contribution in [0.15, 0.2) is 22.7 Å². The summed E-state index contributed by atoms with van der Waals surface area (Å²) < 4.78 is 24.2. The van der Waals surface area contributed by atoms with Crippen LogP contribution < -0.4 is 5.32 Å². The molecule has 0 amide bonds. The highest BCUT2D eigenvalue weighted by atomic mass is 35.5. The molecule has 20 heavy (non-hydrogen) atoms. The van der Waals surface area contributed by atoms with Crippen molar-refractivity contribution in [3.63, 3.8) is 0 Å². The van der Waals surface area contributed by atoms with Crippen molar-refractivity contribution in [2.75, 3.05) is 19.7 Å². The minimum absolute atomic E-state index is 0. The van der Waals surface area contributed by atoms with Crippen LogP contribution in [0.25, 0.3) is 11.4 Å². The quantitative estimate of drug-likeness (QED) is 0.922. The molecule has 2 heterocycles. The van der Waals surface area contributed by atoms with Gasteiger partial charge in [-0.25, -0.2) is 4.39 Å². The van der Waals surface area contributed by atoms with Gasteiger partial charge < -0.3 is 14.6 Å². The Kier molecular flexibility index (Phi) is 4.69. The molecule has 0 saturated carbocycles. The van der Waals surface area contributed by atoms with E-state index in [2.05, 4.69) is 15.5 Å². The molecule has 1 saturated heterocycles. The number of rotatable bonds is 2. The van der Waals surface area contributed by atoms with Gasteiger partial charge in [0.1, 0.15) is 11.9 Å². The Morgan fingerprint density at radius 2 is 2.25 bits per heavy atom. The zero-order valence-corrected chi connectivity index (χ0v) is 11.7.